The molecule has 1 N–H and O–H groups in total. The summed E-state index contributed by atoms with van der Waals surface area (Å²) in [6.45, 7) is 3.20. The van der Waals surface area contributed by atoms with Crippen LogP contribution in [0.15, 0.2) is 75.1 Å². The molecule has 4 rings (SSSR count). The van der Waals surface area contributed by atoms with E-state index >= 15 is 0 Å². The highest BCUT2D eigenvalue weighted by Gasteiger charge is 2.26. The highest BCUT2D eigenvalue weighted by molar-refractivity contribution is 9.10. The summed E-state index contributed by atoms with van der Waals surface area (Å²) < 4.78 is 26.5. The van der Waals surface area contributed by atoms with Crippen molar-refractivity contribution < 1.29 is 13.2 Å². The van der Waals surface area contributed by atoms with Crippen LogP contribution in [0.1, 0.15) is 18.4 Å². The average molecular weight is 515 g/mol. The van der Waals surface area contributed by atoms with Gasteiger partial charge in [0.05, 0.1) is 4.90 Å². The Hall–Kier alpha value is -2.78. The van der Waals surface area contributed by atoms with E-state index in [0.717, 1.165) is 15.7 Å². The molecule has 0 atom stereocenters. The molecule has 166 valence electrons. The van der Waals surface area contributed by atoms with Crippen LogP contribution in [0.2, 0.25) is 0 Å². The summed E-state index contributed by atoms with van der Waals surface area (Å²) in [5.41, 5.74) is 1.76. The third-order valence-electron chi connectivity index (χ3n) is 5.53. The molecule has 0 bridgehead atoms. The summed E-state index contributed by atoms with van der Waals surface area (Å²) in [6, 6.07) is 17.3. The Morgan fingerprint density at radius 1 is 0.969 bits per heavy atom. The molecule has 1 aliphatic heterocycles. The minimum absolute atomic E-state index is 0.0117. The second-order valence-corrected chi connectivity index (χ2v) is 10.6. The predicted octanol–water partition coefficient (Wildman–Crippen LogP) is 4.24. The van der Waals surface area contributed by atoms with Crippen molar-refractivity contribution in [2.24, 2.45) is 5.92 Å². The van der Waals surface area contributed by atoms with E-state index in [9.17, 15) is 13.2 Å². The number of sulfone groups is 1. The minimum Gasteiger partial charge on any atom is -0.355 e. The van der Waals surface area contributed by atoms with Crippen LogP contribution in [0, 0.1) is 12.8 Å². The van der Waals surface area contributed by atoms with Crippen molar-refractivity contribution in [2.45, 2.75) is 29.7 Å². The van der Waals surface area contributed by atoms with Gasteiger partial charge in [0, 0.05) is 29.2 Å². The molecule has 1 aliphatic rings. The summed E-state index contributed by atoms with van der Waals surface area (Å²) in [4.78, 5) is 14.8. The van der Waals surface area contributed by atoms with Crippen LogP contribution < -0.4 is 10.2 Å². The van der Waals surface area contributed by atoms with Crippen LogP contribution in [-0.2, 0) is 14.6 Å². The van der Waals surface area contributed by atoms with Gasteiger partial charge >= 0.3 is 0 Å². The van der Waals surface area contributed by atoms with Gasteiger partial charge in [0.2, 0.25) is 15.7 Å². The van der Waals surface area contributed by atoms with Crippen LogP contribution in [0.4, 0.5) is 11.5 Å². The van der Waals surface area contributed by atoms with E-state index in [2.05, 4.69) is 31.4 Å². The average Bonchev–Trinajstić information content (AvgIpc) is 2.81. The predicted molar refractivity (Wildman–Crippen MR) is 126 cm³/mol. The van der Waals surface area contributed by atoms with Crippen LogP contribution in [0.25, 0.3) is 0 Å². The maximum absolute atomic E-state index is 12.8. The largest absolute Gasteiger partial charge is 0.355 e. The van der Waals surface area contributed by atoms with Gasteiger partial charge < -0.3 is 10.2 Å². The number of anilines is 2. The Balaban J connectivity index is 1.37. The molecule has 0 aliphatic carbocycles. The molecule has 1 amide bonds. The third-order valence-corrected chi connectivity index (χ3v) is 7.72. The van der Waals surface area contributed by atoms with Gasteiger partial charge in [0.25, 0.3) is 0 Å². The number of nitrogens with zero attached hydrogens (tertiary/aromatic N) is 3. The molecule has 2 heterocycles. The van der Waals surface area contributed by atoms with Crippen molar-refractivity contribution in [3.63, 3.8) is 0 Å². The van der Waals surface area contributed by atoms with Crippen LogP contribution in [0.5, 0.6) is 0 Å². The summed E-state index contributed by atoms with van der Waals surface area (Å²) in [6.07, 6.45) is 1.38. The van der Waals surface area contributed by atoms with E-state index in [1.165, 1.54) is 6.07 Å². The molecule has 2 aromatic carbocycles. The fourth-order valence-corrected chi connectivity index (χ4v) is 5.01. The first-order valence-corrected chi connectivity index (χ1v) is 12.6. The van der Waals surface area contributed by atoms with E-state index in [1.807, 2.05) is 36.1 Å². The summed E-state index contributed by atoms with van der Waals surface area (Å²) in [7, 11) is -3.70. The van der Waals surface area contributed by atoms with E-state index in [4.69, 9.17) is 0 Å². The topological polar surface area (TPSA) is 92.3 Å². The fraction of sp³-hybridized carbons (Fsp3) is 0.261. The first-order chi connectivity index (χ1) is 15.3. The van der Waals surface area contributed by atoms with E-state index < -0.39 is 9.84 Å². The number of amides is 1. The molecular formula is C23H23BrN4O3S. The molecule has 1 saturated heterocycles. The van der Waals surface area contributed by atoms with Gasteiger partial charge in [-0.25, -0.2) is 8.42 Å². The van der Waals surface area contributed by atoms with Crippen molar-refractivity contribution in [1.29, 1.82) is 0 Å². The lowest BCUT2D eigenvalue weighted by molar-refractivity contribution is -0.120. The number of rotatable bonds is 5. The molecule has 0 radical (unpaired) electrons. The smallest absolute Gasteiger partial charge is 0.227 e. The van der Waals surface area contributed by atoms with Crippen LogP contribution in [0.3, 0.4) is 0 Å². The highest BCUT2D eigenvalue weighted by atomic mass is 79.9. The number of halogens is 1. The molecular weight excluding hydrogens is 492 g/mol. The molecule has 1 aromatic heterocycles. The standard InChI is InChI=1S/C23H23BrN4O3S/c1-16-2-8-20(9-3-16)32(30,31)22-11-10-21(26-27-22)28-14-12-17(13-15-28)23(29)25-19-6-4-18(24)5-7-19/h2-11,17H,12-15H2,1H3,(H,25,29). The summed E-state index contributed by atoms with van der Waals surface area (Å²) >= 11 is 3.38. The Morgan fingerprint density at radius 2 is 1.62 bits per heavy atom. The fourth-order valence-electron chi connectivity index (χ4n) is 3.61. The van der Waals surface area contributed by atoms with Gasteiger partial charge in [-0.05, 0) is 68.3 Å². The number of benzene rings is 2. The minimum atomic E-state index is -3.70. The van der Waals surface area contributed by atoms with Crippen molar-refractivity contribution in [1.82, 2.24) is 10.2 Å². The molecule has 7 nitrogen and oxygen atoms in total. The van der Waals surface area contributed by atoms with Crippen molar-refractivity contribution in [3.05, 3.63) is 70.7 Å². The molecule has 0 unspecified atom stereocenters. The number of piperidine rings is 1. The number of aryl methyl sites for hydroxylation is 1. The Kier molecular flexibility index (Phi) is 6.57. The second kappa shape index (κ2) is 9.38. The van der Waals surface area contributed by atoms with Gasteiger partial charge in [-0.2, -0.15) is 0 Å². The van der Waals surface area contributed by atoms with Crippen molar-refractivity contribution in [3.8, 4) is 0 Å². The second-order valence-electron chi connectivity index (χ2n) is 7.80. The molecule has 3 aromatic rings. The lowest BCUT2D eigenvalue weighted by Gasteiger charge is -2.31. The first-order valence-electron chi connectivity index (χ1n) is 10.3. The Morgan fingerprint density at radius 3 is 2.22 bits per heavy atom. The lowest BCUT2D eigenvalue weighted by atomic mass is 9.96. The first kappa shape index (κ1) is 22.4. The lowest BCUT2D eigenvalue weighted by Crippen LogP contribution is -2.38. The normalized spacial score (nSPS) is 14.9. The quantitative estimate of drug-likeness (QED) is 0.547. The zero-order valence-corrected chi connectivity index (χ0v) is 19.9. The van der Waals surface area contributed by atoms with Gasteiger partial charge in [-0.3, -0.25) is 4.79 Å². The number of hydrogen-bond donors (Lipinski definition) is 1. The SMILES string of the molecule is Cc1ccc(S(=O)(=O)c2ccc(N3CCC(C(=O)Nc4ccc(Br)cc4)CC3)nn2)cc1. The zero-order chi connectivity index (χ0) is 22.7. The zero-order valence-electron chi connectivity index (χ0n) is 17.5. The third kappa shape index (κ3) is 4.99. The summed E-state index contributed by atoms with van der Waals surface area (Å²) in [5, 5.41) is 11.0. The van der Waals surface area contributed by atoms with E-state index in [0.29, 0.717) is 31.7 Å². The summed E-state index contributed by atoms with van der Waals surface area (Å²) in [5.74, 6) is 0.543. The van der Waals surface area contributed by atoms with Crippen molar-refractivity contribution >= 4 is 43.2 Å². The molecule has 0 spiro atoms. The number of carbonyl (C=O) groups excluding carboxylic acids is 1. The number of carbonyl (C=O) groups is 1. The maximum Gasteiger partial charge on any atom is 0.227 e. The molecule has 9 heteroatoms. The maximum atomic E-state index is 12.8. The van der Waals surface area contributed by atoms with Gasteiger partial charge in [0.1, 0.15) is 0 Å². The highest BCUT2D eigenvalue weighted by Crippen LogP contribution is 2.25. The van der Waals surface area contributed by atoms with Gasteiger partial charge in [-0.1, -0.05) is 33.6 Å². The number of nitrogens with one attached hydrogen (secondary N) is 1. The van der Waals surface area contributed by atoms with Crippen LogP contribution >= 0.6 is 15.9 Å². The molecule has 0 saturated carbocycles. The monoisotopic (exact) mass is 514 g/mol. The van der Waals surface area contributed by atoms with E-state index in [-0.39, 0.29) is 21.7 Å². The molecule has 1 fully saturated rings. The number of hydrogen-bond acceptors (Lipinski definition) is 6. The van der Waals surface area contributed by atoms with Gasteiger partial charge in [-0.15, -0.1) is 10.2 Å². The van der Waals surface area contributed by atoms with Crippen molar-refractivity contribution in [2.75, 3.05) is 23.3 Å². The Labute approximate surface area is 195 Å². The molecule has 32 heavy (non-hydrogen) atoms. The van der Waals surface area contributed by atoms with Gasteiger partial charge in [0.15, 0.2) is 10.8 Å². The van der Waals surface area contributed by atoms with E-state index in [1.54, 1.807) is 30.3 Å². The van der Waals surface area contributed by atoms with Crippen LogP contribution in [-0.4, -0.2) is 37.6 Å². The number of aromatic nitrogens is 2. The Bertz CT molecular complexity index is 1190.